The number of amides is 2. The van der Waals surface area contributed by atoms with Crippen LogP contribution in [0.15, 0.2) is 15.9 Å². The number of carbonyl (C=O) groups is 2. The fourth-order valence-electron chi connectivity index (χ4n) is 2.14. The molecule has 0 spiro atoms. The minimum Gasteiger partial charge on any atom is -0.347 e. The van der Waals surface area contributed by atoms with E-state index in [2.05, 4.69) is 15.9 Å². The van der Waals surface area contributed by atoms with Gasteiger partial charge in [0, 0.05) is 20.6 Å². The first-order valence-electron chi connectivity index (χ1n) is 5.78. The van der Waals surface area contributed by atoms with E-state index in [1.54, 1.807) is 30.0 Å². The fourth-order valence-corrected chi connectivity index (χ4v) is 3.48. The van der Waals surface area contributed by atoms with Gasteiger partial charge in [-0.3, -0.25) is 9.59 Å². The Labute approximate surface area is 119 Å². The van der Waals surface area contributed by atoms with Crippen LogP contribution in [0.5, 0.6) is 0 Å². The van der Waals surface area contributed by atoms with E-state index in [4.69, 9.17) is 0 Å². The highest BCUT2D eigenvalue weighted by Gasteiger charge is 2.35. The summed E-state index contributed by atoms with van der Waals surface area (Å²) in [6, 6.07) is 3.36. The molecule has 1 fully saturated rings. The van der Waals surface area contributed by atoms with Crippen molar-refractivity contribution in [1.29, 1.82) is 0 Å². The van der Waals surface area contributed by atoms with E-state index in [-0.39, 0.29) is 17.9 Å². The summed E-state index contributed by atoms with van der Waals surface area (Å²) in [7, 11) is 3.45. The summed E-state index contributed by atoms with van der Waals surface area (Å²) in [6.45, 7) is 0.665. The highest BCUT2D eigenvalue weighted by molar-refractivity contribution is 9.11. The van der Waals surface area contributed by atoms with Gasteiger partial charge < -0.3 is 9.80 Å². The fraction of sp³-hybridized carbons (Fsp3) is 0.500. The molecule has 0 N–H and O–H groups in total. The Morgan fingerprint density at radius 1 is 1.44 bits per heavy atom. The third-order valence-corrected chi connectivity index (χ3v) is 4.64. The number of hydrogen-bond donors (Lipinski definition) is 0. The van der Waals surface area contributed by atoms with Crippen molar-refractivity contribution < 1.29 is 9.59 Å². The second kappa shape index (κ2) is 5.40. The lowest BCUT2D eigenvalue weighted by Gasteiger charge is -2.25. The number of likely N-dealkylation sites (N-methyl/N-ethyl adjacent to an activating group) is 1. The summed E-state index contributed by atoms with van der Waals surface area (Å²) in [6.07, 6.45) is 1.65. The second-order valence-corrected chi connectivity index (χ2v) is 6.96. The van der Waals surface area contributed by atoms with Crippen LogP contribution in [0.3, 0.4) is 0 Å². The number of likely N-dealkylation sites (tertiary alicyclic amines) is 1. The number of carbonyl (C=O) groups excluding carboxylic acids is 2. The molecular formula is C12H15BrN2O2S. The van der Waals surface area contributed by atoms with Gasteiger partial charge in [0.1, 0.15) is 6.04 Å². The summed E-state index contributed by atoms with van der Waals surface area (Å²) in [5.74, 6) is -0.0279. The highest BCUT2D eigenvalue weighted by atomic mass is 79.9. The van der Waals surface area contributed by atoms with E-state index in [1.165, 1.54) is 11.3 Å². The largest absolute Gasteiger partial charge is 0.347 e. The van der Waals surface area contributed by atoms with Crippen LogP contribution in [0.1, 0.15) is 22.5 Å². The van der Waals surface area contributed by atoms with Crippen LogP contribution >= 0.6 is 27.3 Å². The minimum absolute atomic E-state index is 0.0106. The predicted octanol–water partition coefficient (Wildman–Crippen LogP) is 2.20. The molecule has 2 rings (SSSR count). The zero-order valence-corrected chi connectivity index (χ0v) is 12.8. The third kappa shape index (κ3) is 2.59. The molecule has 1 aliphatic rings. The summed E-state index contributed by atoms with van der Waals surface area (Å²) in [4.78, 5) is 28.3. The van der Waals surface area contributed by atoms with Crippen LogP contribution in [0.2, 0.25) is 0 Å². The van der Waals surface area contributed by atoms with E-state index in [9.17, 15) is 9.59 Å². The molecule has 2 heterocycles. The van der Waals surface area contributed by atoms with Gasteiger partial charge in [0.2, 0.25) is 5.91 Å². The van der Waals surface area contributed by atoms with Crippen LogP contribution in [0.25, 0.3) is 0 Å². The molecule has 18 heavy (non-hydrogen) atoms. The topological polar surface area (TPSA) is 40.6 Å². The lowest BCUT2D eigenvalue weighted by atomic mass is 10.2. The average Bonchev–Trinajstić information content (AvgIpc) is 2.95. The first kappa shape index (κ1) is 13.5. The van der Waals surface area contributed by atoms with Gasteiger partial charge in [0.25, 0.3) is 5.91 Å². The van der Waals surface area contributed by atoms with Crippen molar-refractivity contribution in [2.45, 2.75) is 18.9 Å². The van der Waals surface area contributed by atoms with Crippen LogP contribution in [-0.4, -0.2) is 48.3 Å². The van der Waals surface area contributed by atoms with E-state index < -0.39 is 0 Å². The van der Waals surface area contributed by atoms with Crippen LogP contribution in [0.4, 0.5) is 0 Å². The minimum atomic E-state index is -0.298. The molecule has 1 atom stereocenters. The van der Waals surface area contributed by atoms with Gasteiger partial charge in [-0.1, -0.05) is 0 Å². The van der Waals surface area contributed by atoms with Crippen LogP contribution < -0.4 is 0 Å². The molecule has 98 valence electrons. The van der Waals surface area contributed by atoms with E-state index in [0.29, 0.717) is 11.4 Å². The van der Waals surface area contributed by atoms with Gasteiger partial charge in [-0.2, -0.15) is 0 Å². The quantitative estimate of drug-likeness (QED) is 0.834. The average molecular weight is 331 g/mol. The summed E-state index contributed by atoms with van der Waals surface area (Å²) in [5, 5.41) is 0. The van der Waals surface area contributed by atoms with Crippen molar-refractivity contribution in [2.75, 3.05) is 20.6 Å². The second-order valence-electron chi connectivity index (χ2n) is 4.49. The number of thiophene rings is 1. The SMILES string of the molecule is CN(C)C(=O)C1CCCN1C(=O)c1ccc(Br)s1. The molecule has 1 unspecified atom stereocenters. The Kier molecular flexibility index (Phi) is 4.07. The van der Waals surface area contributed by atoms with Gasteiger partial charge in [-0.15, -0.1) is 11.3 Å². The first-order chi connectivity index (χ1) is 8.50. The molecular weight excluding hydrogens is 316 g/mol. The maximum atomic E-state index is 12.3. The van der Waals surface area contributed by atoms with Crippen molar-refractivity contribution in [2.24, 2.45) is 0 Å². The summed E-state index contributed by atoms with van der Waals surface area (Å²) < 4.78 is 0.931. The molecule has 1 aliphatic heterocycles. The van der Waals surface area contributed by atoms with Crippen molar-refractivity contribution in [3.8, 4) is 0 Å². The Bertz CT molecular complexity index is 472. The van der Waals surface area contributed by atoms with Gasteiger partial charge in [0.15, 0.2) is 0 Å². The Hall–Kier alpha value is -0.880. The zero-order valence-electron chi connectivity index (χ0n) is 10.4. The number of nitrogens with zero attached hydrogens (tertiary/aromatic N) is 2. The number of halogens is 1. The normalized spacial score (nSPS) is 19.1. The maximum absolute atomic E-state index is 12.3. The van der Waals surface area contributed by atoms with Crippen LogP contribution in [0, 0.1) is 0 Å². The highest BCUT2D eigenvalue weighted by Crippen LogP contribution is 2.27. The molecule has 0 bridgehead atoms. The summed E-state index contributed by atoms with van der Waals surface area (Å²) >= 11 is 4.75. The standard InChI is InChI=1S/C12H15BrN2O2S/c1-14(2)11(16)8-4-3-7-15(8)12(17)9-5-6-10(13)18-9/h5-6,8H,3-4,7H2,1-2H3. The molecule has 2 amide bonds. The monoisotopic (exact) mass is 330 g/mol. The maximum Gasteiger partial charge on any atom is 0.264 e. The van der Waals surface area contributed by atoms with E-state index in [1.807, 2.05) is 6.07 Å². The molecule has 4 nitrogen and oxygen atoms in total. The molecule has 0 radical (unpaired) electrons. The molecule has 0 aromatic carbocycles. The first-order valence-corrected chi connectivity index (χ1v) is 7.39. The van der Waals surface area contributed by atoms with Gasteiger partial charge >= 0.3 is 0 Å². The Morgan fingerprint density at radius 2 is 2.17 bits per heavy atom. The molecule has 1 aromatic rings. The van der Waals surface area contributed by atoms with Gasteiger partial charge in [-0.25, -0.2) is 0 Å². The zero-order chi connectivity index (χ0) is 13.3. The van der Waals surface area contributed by atoms with Crippen LogP contribution in [-0.2, 0) is 4.79 Å². The predicted molar refractivity (Wildman–Crippen MR) is 74.8 cm³/mol. The Balaban J connectivity index is 2.17. The molecule has 0 saturated carbocycles. The van der Waals surface area contributed by atoms with Crippen molar-refractivity contribution >= 4 is 39.1 Å². The lowest BCUT2D eigenvalue weighted by Crippen LogP contribution is -2.45. The van der Waals surface area contributed by atoms with Crippen molar-refractivity contribution in [3.05, 3.63) is 20.8 Å². The van der Waals surface area contributed by atoms with Gasteiger partial charge in [0.05, 0.1) is 8.66 Å². The Morgan fingerprint density at radius 3 is 2.72 bits per heavy atom. The third-order valence-electron chi connectivity index (χ3n) is 3.02. The smallest absolute Gasteiger partial charge is 0.264 e. The summed E-state index contributed by atoms with van der Waals surface area (Å²) in [5.41, 5.74) is 0. The molecule has 6 heteroatoms. The van der Waals surface area contributed by atoms with E-state index in [0.717, 1.165) is 16.6 Å². The molecule has 1 saturated heterocycles. The molecule has 0 aliphatic carbocycles. The lowest BCUT2D eigenvalue weighted by molar-refractivity contribution is -0.132. The number of hydrogen-bond acceptors (Lipinski definition) is 3. The van der Waals surface area contributed by atoms with Crippen molar-refractivity contribution in [1.82, 2.24) is 9.80 Å². The molecule has 1 aromatic heterocycles. The van der Waals surface area contributed by atoms with Gasteiger partial charge in [-0.05, 0) is 40.9 Å². The number of rotatable bonds is 2. The van der Waals surface area contributed by atoms with E-state index >= 15 is 0 Å². The van der Waals surface area contributed by atoms with Crippen molar-refractivity contribution in [3.63, 3.8) is 0 Å².